The van der Waals surface area contributed by atoms with Gasteiger partial charge in [-0.25, -0.2) is 8.42 Å². The minimum absolute atomic E-state index is 0.133. The van der Waals surface area contributed by atoms with Crippen molar-refractivity contribution in [1.29, 1.82) is 5.26 Å². The van der Waals surface area contributed by atoms with Gasteiger partial charge in [-0.3, -0.25) is 0 Å². The maximum absolute atomic E-state index is 12.4. The van der Waals surface area contributed by atoms with Gasteiger partial charge >= 0.3 is 0 Å². The first-order chi connectivity index (χ1) is 9.42. The van der Waals surface area contributed by atoms with E-state index in [0.717, 1.165) is 5.56 Å². The minimum atomic E-state index is -3.49. The van der Waals surface area contributed by atoms with Crippen molar-refractivity contribution < 1.29 is 8.42 Å². The number of nitriles is 1. The summed E-state index contributed by atoms with van der Waals surface area (Å²) in [5, 5.41) is 8.72. The molecule has 0 aliphatic heterocycles. The van der Waals surface area contributed by atoms with Gasteiger partial charge in [0.1, 0.15) is 0 Å². The number of hydrogen-bond acceptors (Lipinski definition) is 4. The fourth-order valence-electron chi connectivity index (χ4n) is 1.88. The van der Waals surface area contributed by atoms with Crippen molar-refractivity contribution in [2.24, 2.45) is 0 Å². The summed E-state index contributed by atoms with van der Waals surface area (Å²) in [6, 6.07) is 13.4. The van der Waals surface area contributed by atoms with Crippen LogP contribution in [0, 0.1) is 18.3 Å². The normalized spacial score (nSPS) is 11.0. The molecule has 0 fully saturated rings. The zero-order valence-corrected chi connectivity index (χ0v) is 11.8. The van der Waals surface area contributed by atoms with Gasteiger partial charge in [0, 0.05) is 0 Å². The zero-order valence-electron chi connectivity index (χ0n) is 11.0. The van der Waals surface area contributed by atoms with Crippen LogP contribution in [0.2, 0.25) is 0 Å². The van der Waals surface area contributed by atoms with Gasteiger partial charge in [0.15, 0.2) is 9.84 Å². The number of nitrogens with two attached hydrogens (primary N) is 1. The predicted molar refractivity (Wildman–Crippen MR) is 77.6 cm³/mol. The molecule has 0 aliphatic rings. The highest BCUT2D eigenvalue weighted by Gasteiger charge is 2.18. The molecule has 2 rings (SSSR count). The molecular formula is C15H14N2O2S. The molecule has 0 aliphatic carbocycles. The van der Waals surface area contributed by atoms with Crippen LogP contribution in [-0.2, 0) is 15.6 Å². The van der Waals surface area contributed by atoms with Crippen LogP contribution in [0.4, 0.5) is 5.69 Å². The fraction of sp³-hybridized carbons (Fsp3) is 0.133. The molecule has 2 aromatic rings. The van der Waals surface area contributed by atoms with Crippen molar-refractivity contribution in [1.82, 2.24) is 0 Å². The Kier molecular flexibility index (Phi) is 3.77. The van der Waals surface area contributed by atoms with Crippen molar-refractivity contribution in [3.8, 4) is 6.07 Å². The molecule has 0 spiro atoms. The highest BCUT2D eigenvalue weighted by molar-refractivity contribution is 7.90. The first-order valence-corrected chi connectivity index (χ1v) is 7.65. The monoisotopic (exact) mass is 286 g/mol. The molecule has 2 N–H and O–H groups in total. The van der Waals surface area contributed by atoms with Gasteiger partial charge in [-0.1, -0.05) is 18.2 Å². The quantitative estimate of drug-likeness (QED) is 0.878. The van der Waals surface area contributed by atoms with E-state index in [2.05, 4.69) is 0 Å². The lowest BCUT2D eigenvalue weighted by Gasteiger charge is -2.08. The van der Waals surface area contributed by atoms with Crippen LogP contribution in [0.1, 0.15) is 16.7 Å². The summed E-state index contributed by atoms with van der Waals surface area (Å²) in [5.41, 5.74) is 7.98. The Hall–Kier alpha value is -2.32. The van der Waals surface area contributed by atoms with Crippen LogP contribution in [0.3, 0.4) is 0 Å². The maximum Gasteiger partial charge on any atom is 0.184 e. The van der Waals surface area contributed by atoms with Crippen molar-refractivity contribution in [2.75, 3.05) is 5.73 Å². The second kappa shape index (κ2) is 5.35. The standard InChI is InChI=1S/C15H14N2O2S/c1-11-2-7-14(17)15(8-11)20(18,19)10-13-5-3-12(9-16)4-6-13/h2-8H,10,17H2,1H3. The molecule has 102 valence electrons. The summed E-state index contributed by atoms with van der Waals surface area (Å²) < 4.78 is 24.8. The summed E-state index contributed by atoms with van der Waals surface area (Å²) >= 11 is 0. The Morgan fingerprint density at radius 3 is 2.40 bits per heavy atom. The number of sulfone groups is 1. The third-order valence-corrected chi connectivity index (χ3v) is 4.68. The summed E-state index contributed by atoms with van der Waals surface area (Å²) in [6.07, 6.45) is 0. The number of benzene rings is 2. The Balaban J connectivity index is 2.35. The molecule has 2 aromatic carbocycles. The van der Waals surface area contributed by atoms with E-state index < -0.39 is 9.84 Å². The lowest BCUT2D eigenvalue weighted by atomic mass is 10.2. The Morgan fingerprint density at radius 1 is 1.15 bits per heavy atom. The van der Waals surface area contributed by atoms with Gasteiger partial charge in [-0.05, 0) is 42.3 Å². The van der Waals surface area contributed by atoms with E-state index in [1.54, 1.807) is 42.5 Å². The van der Waals surface area contributed by atoms with Gasteiger partial charge in [0.05, 0.1) is 28.0 Å². The first kappa shape index (κ1) is 14.1. The van der Waals surface area contributed by atoms with Crippen molar-refractivity contribution in [2.45, 2.75) is 17.6 Å². The summed E-state index contributed by atoms with van der Waals surface area (Å²) in [6.45, 7) is 1.82. The first-order valence-electron chi connectivity index (χ1n) is 6.00. The largest absolute Gasteiger partial charge is 0.398 e. The highest BCUT2D eigenvalue weighted by Crippen LogP contribution is 2.23. The second-order valence-corrected chi connectivity index (χ2v) is 6.57. The number of hydrogen-bond donors (Lipinski definition) is 1. The van der Waals surface area contributed by atoms with E-state index in [1.165, 1.54) is 0 Å². The predicted octanol–water partition coefficient (Wildman–Crippen LogP) is 2.42. The maximum atomic E-state index is 12.4. The summed E-state index contributed by atoms with van der Waals surface area (Å²) in [5.74, 6) is -0.133. The van der Waals surface area contributed by atoms with E-state index in [1.807, 2.05) is 13.0 Å². The molecule has 0 atom stereocenters. The molecule has 0 bridgehead atoms. The third-order valence-electron chi connectivity index (χ3n) is 2.94. The lowest BCUT2D eigenvalue weighted by molar-refractivity contribution is 0.595. The van der Waals surface area contributed by atoms with Gasteiger partial charge in [0.2, 0.25) is 0 Å². The number of anilines is 1. The SMILES string of the molecule is Cc1ccc(N)c(S(=O)(=O)Cc2ccc(C#N)cc2)c1. The van der Waals surface area contributed by atoms with E-state index in [0.29, 0.717) is 11.1 Å². The van der Waals surface area contributed by atoms with Crippen LogP contribution in [-0.4, -0.2) is 8.42 Å². The van der Waals surface area contributed by atoms with Gasteiger partial charge in [0.25, 0.3) is 0 Å². The highest BCUT2D eigenvalue weighted by atomic mass is 32.2. The van der Waals surface area contributed by atoms with Crippen LogP contribution >= 0.6 is 0 Å². The molecule has 0 amide bonds. The zero-order chi connectivity index (χ0) is 14.8. The molecule has 0 saturated carbocycles. The number of aryl methyl sites for hydroxylation is 1. The molecule has 20 heavy (non-hydrogen) atoms. The third kappa shape index (κ3) is 2.98. The van der Waals surface area contributed by atoms with Crippen LogP contribution in [0.15, 0.2) is 47.4 Å². The topological polar surface area (TPSA) is 84.0 Å². The number of rotatable bonds is 3. The van der Waals surface area contributed by atoms with E-state index >= 15 is 0 Å². The Labute approximate surface area is 118 Å². The van der Waals surface area contributed by atoms with Crippen molar-refractivity contribution >= 4 is 15.5 Å². The fourth-order valence-corrected chi connectivity index (χ4v) is 3.46. The summed E-state index contributed by atoms with van der Waals surface area (Å²) in [7, 11) is -3.49. The molecular weight excluding hydrogens is 272 g/mol. The van der Waals surface area contributed by atoms with Gasteiger partial charge in [-0.15, -0.1) is 0 Å². The number of nitrogens with zero attached hydrogens (tertiary/aromatic N) is 1. The Morgan fingerprint density at radius 2 is 1.80 bits per heavy atom. The van der Waals surface area contributed by atoms with Crippen LogP contribution in [0.25, 0.3) is 0 Å². The van der Waals surface area contributed by atoms with Crippen LogP contribution < -0.4 is 5.73 Å². The smallest absolute Gasteiger partial charge is 0.184 e. The average Bonchev–Trinajstić information content (AvgIpc) is 2.42. The molecule has 0 radical (unpaired) electrons. The molecule has 0 saturated heterocycles. The minimum Gasteiger partial charge on any atom is -0.398 e. The van der Waals surface area contributed by atoms with Crippen molar-refractivity contribution in [3.63, 3.8) is 0 Å². The average molecular weight is 286 g/mol. The molecule has 5 heteroatoms. The van der Waals surface area contributed by atoms with Gasteiger partial charge in [-0.2, -0.15) is 5.26 Å². The molecule has 0 unspecified atom stereocenters. The van der Waals surface area contributed by atoms with Crippen molar-refractivity contribution in [3.05, 3.63) is 59.2 Å². The van der Waals surface area contributed by atoms with E-state index in [9.17, 15) is 8.42 Å². The second-order valence-electron chi connectivity index (χ2n) is 4.61. The molecule has 4 nitrogen and oxygen atoms in total. The van der Waals surface area contributed by atoms with Gasteiger partial charge < -0.3 is 5.73 Å². The number of nitrogen functional groups attached to an aromatic ring is 1. The summed E-state index contributed by atoms with van der Waals surface area (Å²) in [4.78, 5) is 0.154. The van der Waals surface area contributed by atoms with E-state index in [4.69, 9.17) is 11.0 Å². The molecule has 0 aromatic heterocycles. The lowest BCUT2D eigenvalue weighted by Crippen LogP contribution is -2.08. The van der Waals surface area contributed by atoms with E-state index in [-0.39, 0.29) is 16.3 Å². The van der Waals surface area contributed by atoms with Crippen LogP contribution in [0.5, 0.6) is 0 Å². The Bertz CT molecular complexity index is 773. The molecule has 0 heterocycles.